The van der Waals surface area contributed by atoms with Crippen molar-refractivity contribution in [1.82, 2.24) is 0 Å². The molecule has 0 aliphatic heterocycles. The maximum absolute atomic E-state index is 11.2. The first kappa shape index (κ1) is 15.2. The van der Waals surface area contributed by atoms with E-state index in [1.165, 1.54) is 0 Å². The minimum Gasteiger partial charge on any atom is -0.394 e. The Labute approximate surface area is 139 Å². The van der Waals surface area contributed by atoms with E-state index in [0.29, 0.717) is 0 Å². The van der Waals surface area contributed by atoms with Gasteiger partial charge < -0.3 is 15.3 Å². The Morgan fingerprint density at radius 1 is 0.952 bits per heavy atom. The Bertz CT molecular complexity index is 648. The van der Waals surface area contributed by atoms with Gasteiger partial charge in [0.25, 0.3) is 0 Å². The Hall–Kier alpha value is -0.720. The SMILES string of the molecule is OC[C@@H](O)CC1(O)c2cc(Br)ccc2-c2ccc(Br)cc21. The van der Waals surface area contributed by atoms with Crippen LogP contribution in [0.5, 0.6) is 0 Å². The molecule has 3 nitrogen and oxygen atoms in total. The minimum absolute atomic E-state index is 0.0520. The highest BCUT2D eigenvalue weighted by Crippen LogP contribution is 2.51. The molecule has 0 aromatic heterocycles. The van der Waals surface area contributed by atoms with Crippen LogP contribution in [0.3, 0.4) is 0 Å². The van der Waals surface area contributed by atoms with E-state index < -0.39 is 11.7 Å². The molecule has 1 aliphatic rings. The topological polar surface area (TPSA) is 60.7 Å². The third-order valence-electron chi connectivity index (χ3n) is 3.89. The number of benzene rings is 2. The van der Waals surface area contributed by atoms with Crippen molar-refractivity contribution in [3.05, 3.63) is 56.5 Å². The van der Waals surface area contributed by atoms with E-state index in [1.807, 2.05) is 36.4 Å². The molecule has 0 bridgehead atoms. The van der Waals surface area contributed by atoms with Crippen LogP contribution in [0.2, 0.25) is 0 Å². The Kier molecular flexibility index (Phi) is 3.96. The summed E-state index contributed by atoms with van der Waals surface area (Å²) in [6.07, 6.45) is -0.928. The molecule has 3 rings (SSSR count). The summed E-state index contributed by atoms with van der Waals surface area (Å²) in [5.41, 5.74) is 2.09. The van der Waals surface area contributed by atoms with Crippen LogP contribution in [0.4, 0.5) is 0 Å². The zero-order chi connectivity index (χ0) is 15.2. The summed E-state index contributed by atoms with van der Waals surface area (Å²) < 4.78 is 1.73. The second kappa shape index (κ2) is 5.48. The van der Waals surface area contributed by atoms with Gasteiger partial charge in [0, 0.05) is 15.4 Å². The number of aliphatic hydroxyl groups excluding tert-OH is 2. The zero-order valence-corrected chi connectivity index (χ0v) is 14.2. The summed E-state index contributed by atoms with van der Waals surface area (Å²) in [6, 6.07) is 11.5. The molecule has 0 spiro atoms. The van der Waals surface area contributed by atoms with Gasteiger partial charge in [0.05, 0.1) is 12.7 Å². The molecule has 0 saturated carbocycles. The lowest BCUT2D eigenvalue weighted by Crippen LogP contribution is -2.31. The van der Waals surface area contributed by atoms with Crippen molar-refractivity contribution in [2.45, 2.75) is 18.1 Å². The molecule has 2 aromatic carbocycles. The molecule has 1 atom stereocenters. The van der Waals surface area contributed by atoms with Crippen LogP contribution in [-0.2, 0) is 5.60 Å². The van der Waals surface area contributed by atoms with Crippen LogP contribution in [0.1, 0.15) is 17.5 Å². The average molecular weight is 414 g/mol. The summed E-state index contributed by atoms with van der Waals surface area (Å²) in [5, 5.41) is 30.2. The van der Waals surface area contributed by atoms with Crippen LogP contribution < -0.4 is 0 Å². The summed E-state index contributed by atoms with van der Waals surface area (Å²) >= 11 is 6.85. The fraction of sp³-hybridized carbons (Fsp3) is 0.250. The quantitative estimate of drug-likeness (QED) is 0.724. The van der Waals surface area contributed by atoms with E-state index in [1.54, 1.807) is 0 Å². The first-order valence-corrected chi connectivity index (χ1v) is 8.16. The molecule has 0 fully saturated rings. The van der Waals surface area contributed by atoms with Crippen LogP contribution in [0.25, 0.3) is 11.1 Å². The fourth-order valence-corrected chi connectivity index (χ4v) is 3.68. The summed E-state index contributed by atoms with van der Waals surface area (Å²) in [5.74, 6) is 0. The van der Waals surface area contributed by atoms with Crippen LogP contribution >= 0.6 is 31.9 Å². The highest BCUT2D eigenvalue weighted by atomic mass is 79.9. The molecule has 0 unspecified atom stereocenters. The molecule has 0 saturated heterocycles. The number of rotatable bonds is 3. The zero-order valence-electron chi connectivity index (χ0n) is 11.1. The smallest absolute Gasteiger partial charge is 0.118 e. The van der Waals surface area contributed by atoms with Gasteiger partial charge in [-0.3, -0.25) is 0 Å². The molecule has 0 radical (unpaired) electrons. The maximum atomic E-state index is 11.2. The predicted octanol–water partition coefficient (Wildman–Crippen LogP) is 3.17. The van der Waals surface area contributed by atoms with Gasteiger partial charge in [-0.2, -0.15) is 0 Å². The Morgan fingerprint density at radius 2 is 1.43 bits per heavy atom. The first-order valence-electron chi connectivity index (χ1n) is 6.57. The lowest BCUT2D eigenvalue weighted by molar-refractivity contribution is -0.00120. The van der Waals surface area contributed by atoms with Gasteiger partial charge in [0.15, 0.2) is 0 Å². The molecule has 3 N–H and O–H groups in total. The van der Waals surface area contributed by atoms with Crippen LogP contribution in [0.15, 0.2) is 45.3 Å². The number of hydrogen-bond donors (Lipinski definition) is 3. The molecule has 0 amide bonds. The Morgan fingerprint density at radius 3 is 1.86 bits per heavy atom. The lowest BCUT2D eigenvalue weighted by Gasteiger charge is -2.28. The monoisotopic (exact) mass is 412 g/mol. The van der Waals surface area contributed by atoms with E-state index >= 15 is 0 Å². The van der Waals surface area contributed by atoms with E-state index in [0.717, 1.165) is 31.2 Å². The van der Waals surface area contributed by atoms with Crippen molar-refractivity contribution in [3.8, 4) is 11.1 Å². The Balaban J connectivity index is 2.24. The number of fused-ring (bicyclic) bond motifs is 3. The molecular weight excluding hydrogens is 400 g/mol. The van der Waals surface area contributed by atoms with E-state index in [-0.39, 0.29) is 13.0 Å². The van der Waals surface area contributed by atoms with Crippen molar-refractivity contribution >= 4 is 31.9 Å². The van der Waals surface area contributed by atoms with Crippen molar-refractivity contribution in [1.29, 1.82) is 0 Å². The van der Waals surface area contributed by atoms with Crippen molar-refractivity contribution in [3.63, 3.8) is 0 Å². The molecular formula is C16H14Br2O3. The molecule has 21 heavy (non-hydrogen) atoms. The summed E-state index contributed by atoms with van der Waals surface area (Å²) in [7, 11) is 0. The highest BCUT2D eigenvalue weighted by molar-refractivity contribution is 9.10. The van der Waals surface area contributed by atoms with Crippen LogP contribution in [0, 0.1) is 0 Å². The largest absolute Gasteiger partial charge is 0.394 e. The molecule has 5 heteroatoms. The van der Waals surface area contributed by atoms with Crippen molar-refractivity contribution in [2.24, 2.45) is 0 Å². The minimum atomic E-state index is -1.31. The second-order valence-electron chi connectivity index (χ2n) is 5.28. The fourth-order valence-electron chi connectivity index (χ4n) is 2.96. The van der Waals surface area contributed by atoms with E-state index in [2.05, 4.69) is 31.9 Å². The van der Waals surface area contributed by atoms with Gasteiger partial charge in [-0.15, -0.1) is 0 Å². The van der Waals surface area contributed by atoms with Crippen LogP contribution in [-0.4, -0.2) is 28.0 Å². The molecule has 1 aliphatic carbocycles. The summed E-state index contributed by atoms with van der Waals surface area (Å²) in [6.45, 7) is -0.380. The molecule has 0 heterocycles. The third-order valence-corrected chi connectivity index (χ3v) is 4.87. The van der Waals surface area contributed by atoms with E-state index in [4.69, 9.17) is 5.11 Å². The maximum Gasteiger partial charge on any atom is 0.118 e. The normalized spacial score (nSPS) is 16.4. The standard InChI is InChI=1S/C16H14Br2O3/c17-9-1-3-12-13-4-2-10(18)6-15(13)16(21,14(12)5-9)7-11(20)8-19/h1-6,11,19-21H,7-8H2/t11-/m0/s1. The van der Waals surface area contributed by atoms with Crippen molar-refractivity contribution < 1.29 is 15.3 Å². The second-order valence-corrected chi connectivity index (χ2v) is 7.11. The van der Waals surface area contributed by atoms with Gasteiger partial charge in [0.1, 0.15) is 5.60 Å². The first-order chi connectivity index (χ1) is 9.95. The number of aliphatic hydroxyl groups is 3. The van der Waals surface area contributed by atoms with Gasteiger partial charge in [-0.25, -0.2) is 0 Å². The van der Waals surface area contributed by atoms with Gasteiger partial charge >= 0.3 is 0 Å². The third kappa shape index (κ3) is 2.47. The average Bonchev–Trinajstić information content (AvgIpc) is 2.68. The van der Waals surface area contributed by atoms with Gasteiger partial charge in [-0.1, -0.05) is 44.0 Å². The number of hydrogen-bond acceptors (Lipinski definition) is 3. The highest BCUT2D eigenvalue weighted by Gasteiger charge is 2.43. The van der Waals surface area contributed by atoms with Gasteiger partial charge in [0.2, 0.25) is 0 Å². The van der Waals surface area contributed by atoms with E-state index in [9.17, 15) is 10.2 Å². The summed E-state index contributed by atoms with van der Waals surface area (Å²) in [4.78, 5) is 0. The molecule has 110 valence electrons. The predicted molar refractivity (Wildman–Crippen MR) is 88.0 cm³/mol. The lowest BCUT2D eigenvalue weighted by atomic mass is 9.86. The molecule has 2 aromatic rings. The van der Waals surface area contributed by atoms with Gasteiger partial charge in [-0.05, 0) is 46.5 Å². The van der Waals surface area contributed by atoms with Crippen molar-refractivity contribution in [2.75, 3.05) is 6.61 Å². The number of halogens is 2.